The van der Waals surface area contributed by atoms with Crippen molar-refractivity contribution in [2.24, 2.45) is 5.92 Å². The number of benzene rings is 3. The Morgan fingerprint density at radius 1 is 0.921 bits per heavy atom. The molecule has 0 saturated heterocycles. The predicted molar refractivity (Wildman–Crippen MR) is 164 cm³/mol. The fourth-order valence-corrected chi connectivity index (χ4v) is 6.97. The molecule has 0 bridgehead atoms. The maximum Gasteiger partial charge on any atom is 0.161 e. The molecule has 0 spiro atoms. The first-order valence-electron chi connectivity index (χ1n) is 13.6. The van der Waals surface area contributed by atoms with Crippen LogP contribution in [0, 0.1) is 19.8 Å². The maximum atomic E-state index is 6.83. The Kier molecular flexibility index (Phi) is 5.96. The summed E-state index contributed by atoms with van der Waals surface area (Å²) in [5.41, 5.74) is 8.03. The van der Waals surface area contributed by atoms with Crippen LogP contribution in [-0.4, -0.2) is 4.98 Å². The summed E-state index contributed by atoms with van der Waals surface area (Å²) in [7, 11) is 0. The fourth-order valence-electron chi connectivity index (χ4n) is 5.85. The number of pyridine rings is 1. The van der Waals surface area contributed by atoms with E-state index in [2.05, 4.69) is 109 Å². The van der Waals surface area contributed by atoms with Crippen LogP contribution in [0.4, 0.5) is 0 Å². The van der Waals surface area contributed by atoms with Gasteiger partial charge in [-0.2, -0.15) is 0 Å². The number of aromatic nitrogens is 1. The van der Waals surface area contributed by atoms with E-state index in [-0.39, 0.29) is 5.41 Å². The molecular formula is C35H35NOS. The lowest BCUT2D eigenvalue weighted by Crippen LogP contribution is -2.12. The first-order chi connectivity index (χ1) is 18.1. The number of nitrogens with zero attached hydrogens (tertiary/aromatic N) is 1. The number of thiophene rings is 1. The Bertz CT molecular complexity index is 1830. The number of aryl methyl sites for hydroxylation is 2. The molecule has 0 aliphatic carbocycles. The molecule has 38 heavy (non-hydrogen) atoms. The van der Waals surface area contributed by atoms with Crippen molar-refractivity contribution in [2.45, 2.75) is 60.3 Å². The second kappa shape index (κ2) is 9.10. The van der Waals surface area contributed by atoms with Crippen LogP contribution in [0.5, 0.6) is 0 Å². The first-order valence-corrected chi connectivity index (χ1v) is 14.4. The van der Waals surface area contributed by atoms with Crippen LogP contribution in [0.25, 0.3) is 54.4 Å². The minimum Gasteiger partial charge on any atom is -0.453 e. The summed E-state index contributed by atoms with van der Waals surface area (Å²) in [4.78, 5) is 6.29. The van der Waals surface area contributed by atoms with E-state index in [1.54, 1.807) is 0 Å². The van der Waals surface area contributed by atoms with Gasteiger partial charge in [-0.15, -0.1) is 11.3 Å². The molecule has 3 heteroatoms. The maximum absolute atomic E-state index is 6.83. The van der Waals surface area contributed by atoms with Crippen LogP contribution in [0.1, 0.15) is 56.2 Å². The van der Waals surface area contributed by atoms with Crippen molar-refractivity contribution in [3.05, 3.63) is 88.4 Å². The SMILES string of the molecule is Cc1sc2cccc(-c3oc4c(-c5cc(C(C)(C)C)c6ccccc6c5)nccc4c3C)c2c1CC(C)C. The van der Waals surface area contributed by atoms with Gasteiger partial charge in [0.05, 0.1) is 0 Å². The van der Waals surface area contributed by atoms with E-state index in [1.807, 2.05) is 17.5 Å². The van der Waals surface area contributed by atoms with E-state index < -0.39 is 0 Å². The van der Waals surface area contributed by atoms with Crippen molar-refractivity contribution < 1.29 is 4.42 Å². The van der Waals surface area contributed by atoms with Gasteiger partial charge >= 0.3 is 0 Å². The number of fused-ring (bicyclic) bond motifs is 3. The molecule has 0 unspecified atom stereocenters. The van der Waals surface area contributed by atoms with Gasteiger partial charge in [0.2, 0.25) is 0 Å². The molecule has 192 valence electrons. The number of furan rings is 1. The van der Waals surface area contributed by atoms with Gasteiger partial charge in [0.25, 0.3) is 0 Å². The van der Waals surface area contributed by atoms with E-state index in [0.717, 1.165) is 34.4 Å². The Morgan fingerprint density at radius 2 is 1.71 bits per heavy atom. The molecule has 0 amide bonds. The highest BCUT2D eigenvalue weighted by Gasteiger charge is 2.23. The van der Waals surface area contributed by atoms with Crippen LogP contribution in [0.3, 0.4) is 0 Å². The zero-order valence-corrected chi connectivity index (χ0v) is 24.2. The lowest BCUT2D eigenvalue weighted by molar-refractivity contribution is 0.596. The Labute approximate surface area is 229 Å². The van der Waals surface area contributed by atoms with Crippen LogP contribution in [-0.2, 0) is 11.8 Å². The highest BCUT2D eigenvalue weighted by atomic mass is 32.1. The molecule has 0 fully saturated rings. The average molecular weight is 518 g/mol. The molecule has 0 radical (unpaired) electrons. The normalized spacial score (nSPS) is 12.4. The van der Waals surface area contributed by atoms with Crippen molar-refractivity contribution in [1.29, 1.82) is 0 Å². The number of rotatable bonds is 4. The topological polar surface area (TPSA) is 26.0 Å². The van der Waals surface area contributed by atoms with E-state index in [0.29, 0.717) is 5.92 Å². The lowest BCUT2D eigenvalue weighted by atomic mass is 9.82. The predicted octanol–water partition coefficient (Wildman–Crippen LogP) is 10.6. The van der Waals surface area contributed by atoms with Crippen molar-refractivity contribution >= 4 is 43.2 Å². The van der Waals surface area contributed by atoms with Crippen molar-refractivity contribution in [3.8, 4) is 22.6 Å². The molecule has 6 aromatic rings. The molecule has 0 aliphatic rings. The van der Waals surface area contributed by atoms with Gasteiger partial charge in [-0.05, 0) is 77.8 Å². The highest BCUT2D eigenvalue weighted by molar-refractivity contribution is 7.19. The van der Waals surface area contributed by atoms with Gasteiger partial charge in [0.15, 0.2) is 5.58 Å². The summed E-state index contributed by atoms with van der Waals surface area (Å²) in [5.74, 6) is 1.55. The summed E-state index contributed by atoms with van der Waals surface area (Å²) in [5, 5.41) is 5.00. The van der Waals surface area contributed by atoms with Gasteiger partial charge in [0.1, 0.15) is 11.5 Å². The average Bonchev–Trinajstić information content (AvgIpc) is 3.38. The molecule has 6 rings (SSSR count). The minimum atomic E-state index is 0.00696. The van der Waals surface area contributed by atoms with Crippen LogP contribution >= 0.6 is 11.3 Å². The molecule has 3 heterocycles. The van der Waals surface area contributed by atoms with Crippen LogP contribution < -0.4 is 0 Å². The minimum absolute atomic E-state index is 0.00696. The second-order valence-corrected chi connectivity index (χ2v) is 13.3. The van der Waals surface area contributed by atoms with Crippen LogP contribution in [0.15, 0.2) is 71.3 Å². The van der Waals surface area contributed by atoms with Gasteiger partial charge in [-0.25, -0.2) is 0 Å². The quantitative estimate of drug-likeness (QED) is 0.232. The molecule has 3 aromatic carbocycles. The third-order valence-corrected chi connectivity index (χ3v) is 8.78. The summed E-state index contributed by atoms with van der Waals surface area (Å²) in [6, 6.07) is 22.0. The smallest absolute Gasteiger partial charge is 0.161 e. The van der Waals surface area contributed by atoms with Crippen LogP contribution in [0.2, 0.25) is 0 Å². The Hall–Kier alpha value is -3.43. The second-order valence-electron chi connectivity index (χ2n) is 12.0. The fraction of sp³-hybridized carbons (Fsp3) is 0.286. The standard InChI is InChI=1S/C35H35NOS/c1-20(2)17-28-22(4)38-30-14-10-13-27(31(28)30)33-21(3)25-15-16-36-32(34(25)37-33)24-18-23-11-8-9-12-26(23)29(19-24)35(5,6)7/h8-16,18-20H,17H2,1-7H3. The van der Waals surface area contributed by atoms with E-state index >= 15 is 0 Å². The summed E-state index contributed by atoms with van der Waals surface area (Å²) in [6.45, 7) is 15.9. The highest BCUT2D eigenvalue weighted by Crippen LogP contribution is 2.44. The summed E-state index contributed by atoms with van der Waals surface area (Å²) >= 11 is 1.89. The molecule has 3 aromatic heterocycles. The molecule has 0 saturated carbocycles. The molecular weight excluding hydrogens is 482 g/mol. The van der Waals surface area contributed by atoms with Gasteiger partial charge in [-0.3, -0.25) is 4.98 Å². The van der Waals surface area contributed by atoms with Gasteiger partial charge in [-0.1, -0.05) is 71.0 Å². The largest absolute Gasteiger partial charge is 0.453 e. The van der Waals surface area contributed by atoms with Gasteiger partial charge < -0.3 is 4.42 Å². The molecule has 0 N–H and O–H groups in total. The number of hydrogen-bond acceptors (Lipinski definition) is 3. The van der Waals surface area contributed by atoms with Crippen molar-refractivity contribution in [2.75, 3.05) is 0 Å². The zero-order valence-electron chi connectivity index (χ0n) is 23.4. The number of hydrogen-bond donors (Lipinski definition) is 0. The lowest BCUT2D eigenvalue weighted by Gasteiger charge is -2.22. The van der Waals surface area contributed by atoms with E-state index in [4.69, 9.17) is 9.40 Å². The van der Waals surface area contributed by atoms with E-state index in [9.17, 15) is 0 Å². The molecule has 0 aliphatic heterocycles. The zero-order chi connectivity index (χ0) is 26.8. The first kappa shape index (κ1) is 24.9. The van der Waals surface area contributed by atoms with Crippen molar-refractivity contribution in [3.63, 3.8) is 0 Å². The third-order valence-electron chi connectivity index (χ3n) is 7.67. The monoisotopic (exact) mass is 517 g/mol. The van der Waals surface area contributed by atoms with E-state index in [1.165, 1.54) is 48.0 Å². The third kappa shape index (κ3) is 4.05. The Balaban J connectivity index is 1.61. The molecule has 0 atom stereocenters. The summed E-state index contributed by atoms with van der Waals surface area (Å²) in [6.07, 6.45) is 3.00. The van der Waals surface area contributed by atoms with Gasteiger partial charge in [0, 0.05) is 43.2 Å². The molecule has 2 nitrogen and oxygen atoms in total. The van der Waals surface area contributed by atoms with Crippen molar-refractivity contribution in [1.82, 2.24) is 4.98 Å². The Morgan fingerprint density at radius 3 is 2.47 bits per heavy atom. The summed E-state index contributed by atoms with van der Waals surface area (Å²) < 4.78 is 8.16.